The molecule has 0 radical (unpaired) electrons. The molecule has 0 atom stereocenters. The molecule has 0 aromatic carbocycles. The van der Waals surface area contributed by atoms with E-state index in [1.807, 2.05) is 0 Å². The normalized spacial score (nSPS) is 11.9. The molecule has 0 aromatic heterocycles. The fourth-order valence-corrected chi connectivity index (χ4v) is 3.70. The second-order valence-electron chi connectivity index (χ2n) is 8.36. The van der Waals surface area contributed by atoms with E-state index in [0.29, 0.717) is 0 Å². The van der Waals surface area contributed by atoms with Crippen LogP contribution in [-0.4, -0.2) is 6.61 Å². The van der Waals surface area contributed by atoms with Crippen molar-refractivity contribution in [2.75, 3.05) is 6.61 Å². The maximum absolute atomic E-state index is 5.98. The molecule has 0 rings (SSSR count). The Hall–Kier alpha value is -0.460. The second kappa shape index (κ2) is 23.6. The molecule has 0 amide bonds. The molecule has 0 bridgehead atoms. The molecular weight excluding hydrogens is 328 g/mol. The summed E-state index contributed by atoms with van der Waals surface area (Å²) in [6.07, 6.45) is 29.8. The van der Waals surface area contributed by atoms with Gasteiger partial charge >= 0.3 is 0 Å². The van der Waals surface area contributed by atoms with E-state index in [4.69, 9.17) is 4.74 Å². The number of unbranched alkanes of at least 4 members (excludes halogenated alkanes) is 17. The Morgan fingerprint density at radius 2 is 0.889 bits per heavy atom. The van der Waals surface area contributed by atoms with E-state index in [2.05, 4.69) is 26.8 Å². The summed E-state index contributed by atoms with van der Waals surface area (Å²) in [7, 11) is 0. The van der Waals surface area contributed by atoms with Gasteiger partial charge in [0.25, 0.3) is 0 Å². The van der Waals surface area contributed by atoms with Crippen LogP contribution in [0.1, 0.15) is 149 Å². The molecule has 1 heteroatoms. The van der Waals surface area contributed by atoms with Crippen LogP contribution in [0, 0.1) is 0 Å². The summed E-state index contributed by atoms with van der Waals surface area (Å²) >= 11 is 0. The van der Waals surface area contributed by atoms with E-state index < -0.39 is 0 Å². The highest BCUT2D eigenvalue weighted by Crippen LogP contribution is 2.15. The first-order chi connectivity index (χ1) is 13.3. The van der Waals surface area contributed by atoms with E-state index in [0.717, 1.165) is 13.0 Å². The van der Waals surface area contributed by atoms with Crippen LogP contribution in [0.3, 0.4) is 0 Å². The van der Waals surface area contributed by atoms with E-state index in [-0.39, 0.29) is 0 Å². The smallest absolute Gasteiger partial charge is 0.0917 e. The Balaban J connectivity index is 3.29. The van der Waals surface area contributed by atoms with Crippen LogP contribution < -0.4 is 0 Å². The fourth-order valence-electron chi connectivity index (χ4n) is 3.70. The molecule has 0 fully saturated rings. The first-order valence-electron chi connectivity index (χ1n) is 12.6. The molecule has 0 saturated carbocycles. The van der Waals surface area contributed by atoms with Crippen molar-refractivity contribution in [2.24, 2.45) is 0 Å². The quantitative estimate of drug-likeness (QED) is 0.134. The molecule has 1 nitrogen and oxygen atoms in total. The summed E-state index contributed by atoms with van der Waals surface area (Å²) in [4.78, 5) is 0. The summed E-state index contributed by atoms with van der Waals surface area (Å²) in [5, 5.41) is 0. The van der Waals surface area contributed by atoms with E-state index in [1.165, 1.54) is 128 Å². The standard InChI is InChI=1S/C26H52O/c1-4-7-9-11-13-14-15-16-17-18-20-22-24-26(6-3)27-25-23-21-19-12-10-8-5-2/h6H,4-5,7-25H2,1-3H3. The fraction of sp³-hybridized carbons (Fsp3) is 0.923. The predicted molar refractivity (Wildman–Crippen MR) is 123 cm³/mol. The Kier molecular flexibility index (Phi) is 23.2. The third kappa shape index (κ3) is 21.7. The zero-order valence-corrected chi connectivity index (χ0v) is 19.3. The first kappa shape index (κ1) is 26.5. The van der Waals surface area contributed by atoms with Gasteiger partial charge in [0.2, 0.25) is 0 Å². The van der Waals surface area contributed by atoms with Crippen molar-refractivity contribution in [3.05, 3.63) is 11.8 Å². The molecule has 0 saturated heterocycles. The topological polar surface area (TPSA) is 9.23 Å². The van der Waals surface area contributed by atoms with Gasteiger partial charge in [-0.3, -0.25) is 0 Å². The Bertz CT molecular complexity index is 295. The summed E-state index contributed by atoms with van der Waals surface area (Å²) in [5.74, 6) is 1.23. The SMILES string of the molecule is CC=C(CCCCCCCCCCCCCC)OCCCCCCCCC. The Labute approximate surface area is 172 Å². The molecule has 0 heterocycles. The average Bonchev–Trinajstić information content (AvgIpc) is 2.69. The van der Waals surface area contributed by atoms with Gasteiger partial charge in [-0.05, 0) is 25.8 Å². The lowest BCUT2D eigenvalue weighted by atomic mass is 10.0. The van der Waals surface area contributed by atoms with E-state index >= 15 is 0 Å². The van der Waals surface area contributed by atoms with Crippen LogP contribution in [0.25, 0.3) is 0 Å². The van der Waals surface area contributed by atoms with Crippen LogP contribution >= 0.6 is 0 Å². The third-order valence-electron chi connectivity index (χ3n) is 5.63. The number of rotatable bonds is 22. The van der Waals surface area contributed by atoms with Crippen molar-refractivity contribution in [1.82, 2.24) is 0 Å². The number of hydrogen-bond acceptors (Lipinski definition) is 1. The largest absolute Gasteiger partial charge is 0.498 e. The number of allylic oxidation sites excluding steroid dienone is 2. The monoisotopic (exact) mass is 380 g/mol. The first-order valence-corrected chi connectivity index (χ1v) is 12.6. The maximum atomic E-state index is 5.98. The van der Waals surface area contributed by atoms with Gasteiger partial charge in [0.05, 0.1) is 12.4 Å². The number of ether oxygens (including phenoxy) is 1. The molecule has 0 aromatic rings. The minimum Gasteiger partial charge on any atom is -0.498 e. The molecule has 0 spiro atoms. The number of hydrogen-bond donors (Lipinski definition) is 0. The van der Waals surface area contributed by atoms with Crippen molar-refractivity contribution >= 4 is 0 Å². The van der Waals surface area contributed by atoms with Gasteiger partial charge in [0, 0.05) is 6.42 Å². The highest BCUT2D eigenvalue weighted by Gasteiger charge is 1.99. The van der Waals surface area contributed by atoms with E-state index in [1.54, 1.807) is 0 Å². The summed E-state index contributed by atoms with van der Waals surface area (Å²) in [6.45, 7) is 7.62. The van der Waals surface area contributed by atoms with Gasteiger partial charge in [-0.15, -0.1) is 0 Å². The van der Waals surface area contributed by atoms with Crippen LogP contribution in [-0.2, 0) is 4.74 Å². The van der Waals surface area contributed by atoms with Crippen LogP contribution in [0.15, 0.2) is 11.8 Å². The molecule has 0 aliphatic rings. The van der Waals surface area contributed by atoms with Crippen molar-refractivity contribution in [3.8, 4) is 0 Å². The van der Waals surface area contributed by atoms with Gasteiger partial charge in [0.15, 0.2) is 0 Å². The van der Waals surface area contributed by atoms with Gasteiger partial charge in [0.1, 0.15) is 0 Å². The van der Waals surface area contributed by atoms with Crippen molar-refractivity contribution < 1.29 is 4.74 Å². The second-order valence-corrected chi connectivity index (χ2v) is 8.36. The Morgan fingerprint density at radius 3 is 1.30 bits per heavy atom. The van der Waals surface area contributed by atoms with Crippen molar-refractivity contribution in [1.29, 1.82) is 0 Å². The third-order valence-corrected chi connectivity index (χ3v) is 5.63. The Morgan fingerprint density at radius 1 is 0.519 bits per heavy atom. The molecule has 0 aliphatic heterocycles. The highest BCUT2D eigenvalue weighted by molar-refractivity contribution is 4.90. The molecule has 0 aliphatic carbocycles. The molecule has 27 heavy (non-hydrogen) atoms. The van der Waals surface area contributed by atoms with Gasteiger partial charge < -0.3 is 4.74 Å². The molecule has 162 valence electrons. The van der Waals surface area contributed by atoms with Gasteiger partial charge in [-0.2, -0.15) is 0 Å². The van der Waals surface area contributed by atoms with Crippen LogP contribution in [0.4, 0.5) is 0 Å². The minimum atomic E-state index is 0.922. The highest BCUT2D eigenvalue weighted by atomic mass is 16.5. The van der Waals surface area contributed by atoms with Crippen LogP contribution in [0.2, 0.25) is 0 Å². The van der Waals surface area contributed by atoms with Gasteiger partial charge in [-0.1, -0.05) is 123 Å². The summed E-state index contributed by atoms with van der Waals surface area (Å²) in [6, 6.07) is 0. The summed E-state index contributed by atoms with van der Waals surface area (Å²) in [5.41, 5.74) is 0. The lowest BCUT2D eigenvalue weighted by Gasteiger charge is -2.10. The minimum absolute atomic E-state index is 0.922. The summed E-state index contributed by atoms with van der Waals surface area (Å²) < 4.78 is 5.98. The van der Waals surface area contributed by atoms with E-state index in [9.17, 15) is 0 Å². The molecular formula is C26H52O. The lowest BCUT2D eigenvalue weighted by molar-refractivity contribution is 0.193. The molecule has 0 N–H and O–H groups in total. The zero-order valence-electron chi connectivity index (χ0n) is 19.3. The van der Waals surface area contributed by atoms with Crippen LogP contribution in [0.5, 0.6) is 0 Å². The van der Waals surface area contributed by atoms with Gasteiger partial charge in [-0.25, -0.2) is 0 Å². The van der Waals surface area contributed by atoms with Crippen molar-refractivity contribution in [2.45, 2.75) is 149 Å². The molecule has 0 unspecified atom stereocenters. The van der Waals surface area contributed by atoms with Crippen molar-refractivity contribution in [3.63, 3.8) is 0 Å². The zero-order chi connectivity index (χ0) is 19.8. The predicted octanol–water partition coefficient (Wildman–Crippen LogP) is 9.75. The average molecular weight is 381 g/mol. The lowest BCUT2D eigenvalue weighted by Crippen LogP contribution is -1.96. The maximum Gasteiger partial charge on any atom is 0.0917 e.